The number of hydrogen-bond donors (Lipinski definition) is 2. The molecule has 1 aromatic rings. The monoisotopic (exact) mass is 266 g/mol. The van der Waals surface area contributed by atoms with Gasteiger partial charge >= 0.3 is 0 Å². The van der Waals surface area contributed by atoms with E-state index >= 15 is 0 Å². The minimum atomic E-state index is -0.545. The SMILES string of the molecule is CCN(C(=O)c1ccc(F)cc1O)C1CCCNC1. The van der Waals surface area contributed by atoms with E-state index < -0.39 is 5.82 Å². The number of halogens is 1. The van der Waals surface area contributed by atoms with Gasteiger partial charge in [0, 0.05) is 25.2 Å². The lowest BCUT2D eigenvalue weighted by atomic mass is 10.0. The van der Waals surface area contributed by atoms with Crippen LogP contribution in [0.4, 0.5) is 4.39 Å². The molecule has 2 N–H and O–H groups in total. The number of likely N-dealkylation sites (N-methyl/N-ethyl adjacent to an activating group) is 1. The molecule has 1 saturated heterocycles. The van der Waals surface area contributed by atoms with Crippen LogP contribution in [-0.2, 0) is 0 Å². The fraction of sp³-hybridized carbons (Fsp3) is 0.500. The Hall–Kier alpha value is -1.62. The van der Waals surface area contributed by atoms with Gasteiger partial charge in [-0.3, -0.25) is 4.79 Å². The van der Waals surface area contributed by atoms with E-state index in [0.717, 1.165) is 32.0 Å². The second-order valence-electron chi connectivity index (χ2n) is 4.75. The minimum absolute atomic E-state index is 0.135. The van der Waals surface area contributed by atoms with Gasteiger partial charge in [0.25, 0.3) is 5.91 Å². The normalized spacial score (nSPS) is 19.2. The van der Waals surface area contributed by atoms with E-state index in [-0.39, 0.29) is 23.3 Å². The Bertz CT molecular complexity index is 459. The van der Waals surface area contributed by atoms with Crippen LogP contribution in [0.2, 0.25) is 0 Å². The van der Waals surface area contributed by atoms with Gasteiger partial charge < -0.3 is 15.3 Å². The lowest BCUT2D eigenvalue weighted by Gasteiger charge is -2.34. The van der Waals surface area contributed by atoms with E-state index in [1.54, 1.807) is 4.90 Å². The summed E-state index contributed by atoms with van der Waals surface area (Å²) in [5.74, 6) is -1.09. The number of phenols is 1. The highest BCUT2D eigenvalue weighted by Gasteiger charge is 2.26. The van der Waals surface area contributed by atoms with Gasteiger partial charge in [0.2, 0.25) is 0 Å². The minimum Gasteiger partial charge on any atom is -0.507 e. The molecule has 0 aliphatic carbocycles. The predicted octanol–water partition coefficient (Wildman–Crippen LogP) is 1.75. The first-order valence-corrected chi connectivity index (χ1v) is 6.63. The van der Waals surface area contributed by atoms with Crippen molar-refractivity contribution in [2.24, 2.45) is 0 Å². The summed E-state index contributed by atoms with van der Waals surface area (Å²) in [5, 5.41) is 13.0. The van der Waals surface area contributed by atoms with Crippen molar-refractivity contribution in [2.45, 2.75) is 25.8 Å². The van der Waals surface area contributed by atoms with Crippen molar-refractivity contribution in [1.82, 2.24) is 10.2 Å². The Kier molecular flexibility index (Phi) is 4.37. The number of phenolic OH excluding ortho intramolecular Hbond substituents is 1. The van der Waals surface area contributed by atoms with Crippen LogP contribution >= 0.6 is 0 Å². The van der Waals surface area contributed by atoms with Gasteiger partial charge in [-0.15, -0.1) is 0 Å². The molecule has 1 heterocycles. The summed E-state index contributed by atoms with van der Waals surface area (Å²) in [5.41, 5.74) is 0.161. The summed E-state index contributed by atoms with van der Waals surface area (Å²) in [6.07, 6.45) is 1.98. The maximum absolute atomic E-state index is 13.0. The number of nitrogens with zero attached hydrogens (tertiary/aromatic N) is 1. The van der Waals surface area contributed by atoms with Gasteiger partial charge in [-0.1, -0.05) is 0 Å². The first-order chi connectivity index (χ1) is 9.13. The van der Waals surface area contributed by atoms with Crippen LogP contribution in [0.1, 0.15) is 30.1 Å². The van der Waals surface area contributed by atoms with Crippen molar-refractivity contribution >= 4 is 5.91 Å². The molecule has 1 aliphatic rings. The first kappa shape index (κ1) is 13.8. The number of carbonyl (C=O) groups is 1. The van der Waals surface area contributed by atoms with Crippen LogP contribution < -0.4 is 5.32 Å². The fourth-order valence-corrected chi connectivity index (χ4v) is 2.51. The molecule has 1 aliphatic heterocycles. The van der Waals surface area contributed by atoms with Crippen LogP contribution in [-0.4, -0.2) is 41.6 Å². The number of aromatic hydroxyl groups is 1. The fourth-order valence-electron chi connectivity index (χ4n) is 2.51. The lowest BCUT2D eigenvalue weighted by molar-refractivity contribution is 0.0659. The summed E-state index contributed by atoms with van der Waals surface area (Å²) < 4.78 is 13.0. The third-order valence-corrected chi connectivity index (χ3v) is 3.50. The Morgan fingerprint density at radius 2 is 2.37 bits per heavy atom. The van der Waals surface area contributed by atoms with E-state index in [2.05, 4.69) is 5.32 Å². The largest absolute Gasteiger partial charge is 0.507 e. The number of amides is 1. The molecule has 2 rings (SSSR count). The number of nitrogens with one attached hydrogen (secondary N) is 1. The van der Waals surface area contributed by atoms with Gasteiger partial charge in [0.05, 0.1) is 5.56 Å². The predicted molar refractivity (Wildman–Crippen MR) is 70.7 cm³/mol. The van der Waals surface area contributed by atoms with Crippen LogP contribution in [0.25, 0.3) is 0 Å². The van der Waals surface area contributed by atoms with Crippen molar-refractivity contribution in [1.29, 1.82) is 0 Å². The summed E-state index contributed by atoms with van der Waals surface area (Å²) in [7, 11) is 0. The summed E-state index contributed by atoms with van der Waals surface area (Å²) >= 11 is 0. The third kappa shape index (κ3) is 3.04. The van der Waals surface area contributed by atoms with Crippen LogP contribution in [0.5, 0.6) is 5.75 Å². The molecule has 1 fully saturated rings. The van der Waals surface area contributed by atoms with Gasteiger partial charge in [0.1, 0.15) is 11.6 Å². The maximum atomic E-state index is 13.0. The number of benzene rings is 1. The van der Waals surface area contributed by atoms with E-state index in [1.807, 2.05) is 6.92 Å². The van der Waals surface area contributed by atoms with E-state index in [0.29, 0.717) is 6.54 Å². The van der Waals surface area contributed by atoms with Crippen molar-refractivity contribution in [3.63, 3.8) is 0 Å². The molecule has 1 aromatic carbocycles. The lowest BCUT2D eigenvalue weighted by Crippen LogP contribution is -2.48. The highest BCUT2D eigenvalue weighted by molar-refractivity contribution is 5.97. The van der Waals surface area contributed by atoms with Crippen LogP contribution in [0.15, 0.2) is 18.2 Å². The molecular formula is C14H19FN2O2. The molecule has 0 spiro atoms. The molecule has 1 amide bonds. The van der Waals surface area contributed by atoms with Crippen molar-refractivity contribution in [3.05, 3.63) is 29.6 Å². The molecule has 1 unspecified atom stereocenters. The van der Waals surface area contributed by atoms with E-state index in [9.17, 15) is 14.3 Å². The Morgan fingerprint density at radius 1 is 1.58 bits per heavy atom. The topological polar surface area (TPSA) is 52.6 Å². The Labute approximate surface area is 112 Å². The zero-order chi connectivity index (χ0) is 13.8. The maximum Gasteiger partial charge on any atom is 0.257 e. The van der Waals surface area contributed by atoms with Crippen molar-refractivity contribution in [2.75, 3.05) is 19.6 Å². The molecule has 19 heavy (non-hydrogen) atoms. The molecule has 0 bridgehead atoms. The highest BCUT2D eigenvalue weighted by Crippen LogP contribution is 2.22. The molecule has 0 aromatic heterocycles. The zero-order valence-corrected chi connectivity index (χ0v) is 11.0. The average molecular weight is 266 g/mol. The highest BCUT2D eigenvalue weighted by atomic mass is 19.1. The molecule has 104 valence electrons. The van der Waals surface area contributed by atoms with Crippen molar-refractivity contribution in [3.8, 4) is 5.75 Å². The smallest absolute Gasteiger partial charge is 0.257 e. The number of carbonyl (C=O) groups excluding carboxylic acids is 1. The molecule has 0 saturated carbocycles. The molecule has 5 heteroatoms. The molecule has 1 atom stereocenters. The van der Waals surface area contributed by atoms with E-state index in [1.165, 1.54) is 12.1 Å². The third-order valence-electron chi connectivity index (χ3n) is 3.50. The quantitative estimate of drug-likeness (QED) is 0.876. The van der Waals surface area contributed by atoms with Gasteiger partial charge in [-0.25, -0.2) is 4.39 Å². The number of rotatable bonds is 3. The number of piperidine rings is 1. The summed E-state index contributed by atoms with van der Waals surface area (Å²) in [6.45, 7) is 4.22. The summed E-state index contributed by atoms with van der Waals surface area (Å²) in [6, 6.07) is 3.64. The average Bonchev–Trinajstić information content (AvgIpc) is 2.40. The zero-order valence-electron chi connectivity index (χ0n) is 11.0. The molecular weight excluding hydrogens is 247 g/mol. The van der Waals surface area contributed by atoms with Crippen LogP contribution in [0.3, 0.4) is 0 Å². The molecule has 4 nitrogen and oxygen atoms in total. The van der Waals surface area contributed by atoms with Gasteiger partial charge in [-0.2, -0.15) is 0 Å². The Morgan fingerprint density at radius 3 is 2.95 bits per heavy atom. The van der Waals surface area contributed by atoms with E-state index in [4.69, 9.17) is 0 Å². The number of hydrogen-bond acceptors (Lipinski definition) is 3. The van der Waals surface area contributed by atoms with Crippen molar-refractivity contribution < 1.29 is 14.3 Å². The van der Waals surface area contributed by atoms with Gasteiger partial charge in [-0.05, 0) is 38.4 Å². The van der Waals surface area contributed by atoms with Crippen LogP contribution in [0, 0.1) is 5.82 Å². The van der Waals surface area contributed by atoms with Gasteiger partial charge in [0.15, 0.2) is 0 Å². The molecule has 0 radical (unpaired) electrons. The standard InChI is InChI=1S/C14H19FN2O2/c1-2-17(11-4-3-7-16-9-11)14(19)12-6-5-10(15)8-13(12)18/h5-6,8,11,16,18H,2-4,7,9H2,1H3. The Balaban J connectivity index is 2.19. The second-order valence-corrected chi connectivity index (χ2v) is 4.75. The first-order valence-electron chi connectivity index (χ1n) is 6.63. The second kappa shape index (κ2) is 6.02. The summed E-state index contributed by atoms with van der Waals surface area (Å²) in [4.78, 5) is 14.2.